The van der Waals surface area contributed by atoms with Gasteiger partial charge in [0.05, 0.1) is 6.54 Å². The van der Waals surface area contributed by atoms with E-state index < -0.39 is 0 Å². The van der Waals surface area contributed by atoms with Crippen LogP contribution in [0.25, 0.3) is 0 Å². The molecule has 17 heavy (non-hydrogen) atoms. The van der Waals surface area contributed by atoms with Gasteiger partial charge in [-0.25, -0.2) is 0 Å². The molecule has 0 fully saturated rings. The van der Waals surface area contributed by atoms with Crippen LogP contribution in [0.2, 0.25) is 0 Å². The van der Waals surface area contributed by atoms with Gasteiger partial charge in [-0.2, -0.15) is 0 Å². The minimum atomic E-state index is 0.582. The van der Waals surface area contributed by atoms with Crippen LogP contribution in [0.15, 0.2) is 10.5 Å². The summed E-state index contributed by atoms with van der Waals surface area (Å²) in [6.45, 7) is 11.8. The van der Waals surface area contributed by atoms with Gasteiger partial charge in [-0.05, 0) is 37.4 Å². The van der Waals surface area contributed by atoms with Gasteiger partial charge in [-0.3, -0.25) is 0 Å². The van der Waals surface area contributed by atoms with Crippen molar-refractivity contribution in [1.82, 2.24) is 5.32 Å². The SMILES string of the molecule is CCCOCc1cc(C)c(CNCC(C)C)o1. The van der Waals surface area contributed by atoms with Crippen molar-refractivity contribution in [2.75, 3.05) is 13.2 Å². The first kappa shape index (κ1) is 14.3. The number of hydrogen-bond donors (Lipinski definition) is 1. The van der Waals surface area contributed by atoms with E-state index in [4.69, 9.17) is 9.15 Å². The Morgan fingerprint density at radius 2 is 2.18 bits per heavy atom. The molecule has 1 heterocycles. The monoisotopic (exact) mass is 239 g/mol. The Balaban J connectivity index is 2.39. The van der Waals surface area contributed by atoms with Gasteiger partial charge in [-0.15, -0.1) is 0 Å². The molecule has 0 atom stereocenters. The fraction of sp³-hybridized carbons (Fsp3) is 0.714. The van der Waals surface area contributed by atoms with Gasteiger partial charge >= 0.3 is 0 Å². The molecule has 98 valence electrons. The molecule has 3 nitrogen and oxygen atoms in total. The van der Waals surface area contributed by atoms with E-state index in [1.165, 1.54) is 5.56 Å². The van der Waals surface area contributed by atoms with Gasteiger partial charge in [-0.1, -0.05) is 20.8 Å². The van der Waals surface area contributed by atoms with Crippen molar-refractivity contribution in [3.8, 4) is 0 Å². The average molecular weight is 239 g/mol. The van der Waals surface area contributed by atoms with Gasteiger partial charge < -0.3 is 14.5 Å². The Labute approximate surface area is 105 Å². The van der Waals surface area contributed by atoms with Gasteiger partial charge in [0.2, 0.25) is 0 Å². The van der Waals surface area contributed by atoms with E-state index in [-0.39, 0.29) is 0 Å². The second-order valence-corrected chi connectivity index (χ2v) is 4.90. The minimum Gasteiger partial charge on any atom is -0.462 e. The molecule has 0 spiro atoms. The summed E-state index contributed by atoms with van der Waals surface area (Å²) >= 11 is 0. The lowest BCUT2D eigenvalue weighted by atomic mass is 10.2. The summed E-state index contributed by atoms with van der Waals surface area (Å²) in [5, 5.41) is 3.39. The number of hydrogen-bond acceptors (Lipinski definition) is 3. The first-order chi connectivity index (χ1) is 8.13. The maximum Gasteiger partial charge on any atom is 0.130 e. The standard InChI is InChI=1S/C14H25NO2/c1-5-6-16-10-13-7-12(4)14(17-13)9-15-8-11(2)3/h7,11,15H,5-6,8-10H2,1-4H3. The lowest BCUT2D eigenvalue weighted by Gasteiger charge is -2.06. The molecule has 0 unspecified atom stereocenters. The van der Waals surface area contributed by atoms with Crippen LogP contribution in [0.5, 0.6) is 0 Å². The van der Waals surface area contributed by atoms with E-state index in [9.17, 15) is 0 Å². The van der Waals surface area contributed by atoms with Crippen LogP contribution in [0.4, 0.5) is 0 Å². The van der Waals surface area contributed by atoms with Crippen LogP contribution in [0.1, 0.15) is 44.3 Å². The molecule has 1 aromatic heterocycles. The first-order valence-corrected chi connectivity index (χ1v) is 6.50. The second-order valence-electron chi connectivity index (χ2n) is 4.90. The summed E-state index contributed by atoms with van der Waals surface area (Å²) in [5.41, 5.74) is 1.20. The Hall–Kier alpha value is -0.800. The van der Waals surface area contributed by atoms with E-state index in [2.05, 4.69) is 39.1 Å². The van der Waals surface area contributed by atoms with Gasteiger partial charge in [0.25, 0.3) is 0 Å². The zero-order valence-electron chi connectivity index (χ0n) is 11.5. The number of furan rings is 1. The highest BCUT2D eigenvalue weighted by molar-refractivity contribution is 5.19. The van der Waals surface area contributed by atoms with E-state index in [1.807, 2.05) is 0 Å². The molecular formula is C14H25NO2. The fourth-order valence-electron chi connectivity index (χ4n) is 1.63. The molecule has 0 saturated carbocycles. The molecular weight excluding hydrogens is 214 g/mol. The van der Waals surface area contributed by atoms with Crippen LogP contribution in [-0.2, 0) is 17.9 Å². The molecule has 0 aromatic carbocycles. The van der Waals surface area contributed by atoms with Crippen LogP contribution in [-0.4, -0.2) is 13.2 Å². The molecule has 0 aliphatic carbocycles. The Bertz CT molecular complexity index is 318. The molecule has 1 rings (SSSR count). The van der Waals surface area contributed by atoms with Gasteiger partial charge in [0.1, 0.15) is 18.1 Å². The molecule has 1 aromatic rings. The van der Waals surface area contributed by atoms with Crippen molar-refractivity contribution in [2.24, 2.45) is 5.92 Å². The third-order valence-electron chi connectivity index (χ3n) is 2.50. The molecule has 0 bridgehead atoms. The highest BCUT2D eigenvalue weighted by atomic mass is 16.5. The molecule has 0 aliphatic heterocycles. The maximum atomic E-state index is 5.76. The highest BCUT2D eigenvalue weighted by Crippen LogP contribution is 2.15. The third kappa shape index (κ3) is 5.37. The highest BCUT2D eigenvalue weighted by Gasteiger charge is 2.07. The van der Waals surface area contributed by atoms with E-state index in [0.717, 1.165) is 37.6 Å². The van der Waals surface area contributed by atoms with Gasteiger partial charge in [0.15, 0.2) is 0 Å². The van der Waals surface area contributed by atoms with Crippen molar-refractivity contribution < 1.29 is 9.15 Å². The Morgan fingerprint density at radius 1 is 1.41 bits per heavy atom. The summed E-state index contributed by atoms with van der Waals surface area (Å²) in [4.78, 5) is 0. The van der Waals surface area contributed by atoms with E-state index in [0.29, 0.717) is 12.5 Å². The van der Waals surface area contributed by atoms with Crippen molar-refractivity contribution >= 4 is 0 Å². The summed E-state index contributed by atoms with van der Waals surface area (Å²) in [6, 6.07) is 2.07. The van der Waals surface area contributed by atoms with Crippen molar-refractivity contribution in [1.29, 1.82) is 0 Å². The Kier molecular flexibility index (Phi) is 6.30. The number of aryl methyl sites for hydroxylation is 1. The van der Waals surface area contributed by atoms with Crippen molar-refractivity contribution in [2.45, 2.75) is 47.3 Å². The van der Waals surface area contributed by atoms with Crippen molar-refractivity contribution in [3.63, 3.8) is 0 Å². The largest absolute Gasteiger partial charge is 0.462 e. The fourth-order valence-corrected chi connectivity index (χ4v) is 1.63. The summed E-state index contributed by atoms with van der Waals surface area (Å²) in [6.07, 6.45) is 1.04. The Morgan fingerprint density at radius 3 is 2.82 bits per heavy atom. The van der Waals surface area contributed by atoms with Crippen LogP contribution in [0.3, 0.4) is 0 Å². The zero-order chi connectivity index (χ0) is 12.7. The predicted octanol–water partition coefficient (Wildman–Crippen LogP) is 3.26. The number of rotatable bonds is 8. The first-order valence-electron chi connectivity index (χ1n) is 6.50. The lowest BCUT2D eigenvalue weighted by Crippen LogP contribution is -2.18. The smallest absolute Gasteiger partial charge is 0.130 e. The van der Waals surface area contributed by atoms with Crippen LogP contribution >= 0.6 is 0 Å². The quantitative estimate of drug-likeness (QED) is 0.707. The van der Waals surface area contributed by atoms with E-state index >= 15 is 0 Å². The topological polar surface area (TPSA) is 34.4 Å². The molecule has 1 N–H and O–H groups in total. The van der Waals surface area contributed by atoms with Crippen molar-refractivity contribution in [3.05, 3.63) is 23.2 Å². The minimum absolute atomic E-state index is 0.582. The molecule has 0 amide bonds. The number of ether oxygens (including phenoxy) is 1. The number of nitrogens with one attached hydrogen (secondary N) is 1. The second kappa shape index (κ2) is 7.51. The molecule has 0 radical (unpaired) electrons. The van der Waals surface area contributed by atoms with Crippen LogP contribution in [0, 0.1) is 12.8 Å². The van der Waals surface area contributed by atoms with Gasteiger partial charge in [0, 0.05) is 6.61 Å². The normalized spacial score (nSPS) is 11.4. The van der Waals surface area contributed by atoms with E-state index in [1.54, 1.807) is 0 Å². The summed E-state index contributed by atoms with van der Waals surface area (Å²) in [7, 11) is 0. The van der Waals surface area contributed by atoms with Crippen LogP contribution < -0.4 is 5.32 Å². The molecule has 0 aliphatic rings. The lowest BCUT2D eigenvalue weighted by molar-refractivity contribution is 0.106. The molecule has 3 heteroatoms. The summed E-state index contributed by atoms with van der Waals surface area (Å²) in [5.74, 6) is 2.62. The molecule has 0 saturated heterocycles. The maximum absolute atomic E-state index is 5.76. The zero-order valence-corrected chi connectivity index (χ0v) is 11.5. The summed E-state index contributed by atoms with van der Waals surface area (Å²) < 4.78 is 11.2. The average Bonchev–Trinajstić information content (AvgIpc) is 2.60. The predicted molar refractivity (Wildman–Crippen MR) is 69.9 cm³/mol. The third-order valence-corrected chi connectivity index (χ3v) is 2.50.